The maximum Gasteiger partial charge on any atom is 0.189 e. The van der Waals surface area contributed by atoms with Gasteiger partial charge in [0.15, 0.2) is 5.78 Å². The number of methoxy groups -OCH3 is 1. The minimum absolute atomic E-state index is 0.0838. The van der Waals surface area contributed by atoms with Gasteiger partial charge in [0.05, 0.1) is 0 Å². The molecule has 0 heterocycles. The molecule has 0 aliphatic heterocycles. The van der Waals surface area contributed by atoms with Crippen LogP contribution in [0.15, 0.2) is 12.2 Å². The molecule has 86 valence electrons. The van der Waals surface area contributed by atoms with Crippen LogP contribution in [0.4, 0.5) is 0 Å². The van der Waals surface area contributed by atoms with Crippen LogP contribution >= 0.6 is 0 Å². The minimum Gasteiger partial charge on any atom is -0.370 e. The zero-order valence-corrected chi connectivity index (χ0v) is 10.4. The van der Waals surface area contributed by atoms with Gasteiger partial charge in [-0.2, -0.15) is 0 Å². The Morgan fingerprint density at radius 2 is 1.67 bits per heavy atom. The molecular weight excluding hydrogens is 188 g/mol. The van der Waals surface area contributed by atoms with E-state index < -0.39 is 5.60 Å². The minimum atomic E-state index is -0.582. The van der Waals surface area contributed by atoms with E-state index in [1.807, 2.05) is 0 Å². The molecule has 15 heavy (non-hydrogen) atoms. The van der Waals surface area contributed by atoms with Crippen molar-refractivity contribution >= 4 is 5.78 Å². The van der Waals surface area contributed by atoms with E-state index in [2.05, 4.69) is 20.4 Å². The summed E-state index contributed by atoms with van der Waals surface area (Å²) in [5.41, 5.74) is 0.371. The number of carbonyl (C=O) groups is 1. The lowest BCUT2D eigenvalue weighted by Gasteiger charge is -2.41. The van der Waals surface area contributed by atoms with Gasteiger partial charge in [0.2, 0.25) is 0 Å². The van der Waals surface area contributed by atoms with Crippen LogP contribution in [-0.4, -0.2) is 18.5 Å². The number of carbonyl (C=O) groups excluding carboxylic acids is 1. The van der Waals surface area contributed by atoms with Crippen LogP contribution in [0.2, 0.25) is 0 Å². The lowest BCUT2D eigenvalue weighted by atomic mass is 9.69. The summed E-state index contributed by atoms with van der Waals surface area (Å²) < 4.78 is 5.48. The molecule has 0 N–H and O–H groups in total. The lowest BCUT2D eigenvalue weighted by Crippen LogP contribution is -2.45. The highest BCUT2D eigenvalue weighted by molar-refractivity contribution is 6.01. The highest BCUT2D eigenvalue weighted by atomic mass is 16.5. The van der Waals surface area contributed by atoms with Crippen molar-refractivity contribution in [3.8, 4) is 0 Å². The van der Waals surface area contributed by atoms with Gasteiger partial charge in [-0.15, -0.1) is 0 Å². The average molecular weight is 210 g/mol. The first kappa shape index (κ1) is 12.4. The number of ketones is 1. The van der Waals surface area contributed by atoms with Crippen LogP contribution in [-0.2, 0) is 9.53 Å². The Kier molecular flexibility index (Phi) is 3.39. The number of hydrogen-bond acceptors (Lipinski definition) is 2. The molecule has 0 aromatic heterocycles. The van der Waals surface area contributed by atoms with E-state index in [0.717, 1.165) is 25.7 Å². The molecule has 2 heteroatoms. The molecule has 0 atom stereocenters. The molecule has 0 bridgehead atoms. The van der Waals surface area contributed by atoms with Crippen molar-refractivity contribution in [1.29, 1.82) is 0 Å². The number of hydrogen-bond donors (Lipinski definition) is 0. The summed E-state index contributed by atoms with van der Waals surface area (Å²) in [4.78, 5) is 12.0. The molecule has 0 radical (unpaired) electrons. The molecule has 1 fully saturated rings. The van der Waals surface area contributed by atoms with Gasteiger partial charge in [0.25, 0.3) is 0 Å². The van der Waals surface area contributed by atoms with Crippen molar-refractivity contribution in [3.05, 3.63) is 12.2 Å². The molecule has 0 aromatic carbocycles. The van der Waals surface area contributed by atoms with Crippen LogP contribution in [0.1, 0.15) is 46.5 Å². The standard InChI is InChI=1S/C13H22O2/c1-10(2)11(14)13(15-5)8-6-12(3,4)7-9-13/h1,6-9H2,2-5H3. The number of ether oxygens (including phenoxy) is 1. The molecule has 0 unspecified atom stereocenters. The molecular formula is C13H22O2. The van der Waals surface area contributed by atoms with E-state index in [4.69, 9.17) is 4.74 Å². The molecule has 1 rings (SSSR count). The van der Waals surface area contributed by atoms with Gasteiger partial charge < -0.3 is 4.74 Å². The van der Waals surface area contributed by atoms with Crippen molar-refractivity contribution in [1.82, 2.24) is 0 Å². The van der Waals surface area contributed by atoms with Crippen molar-refractivity contribution in [2.24, 2.45) is 5.41 Å². The fourth-order valence-electron chi connectivity index (χ4n) is 2.24. The van der Waals surface area contributed by atoms with Crippen LogP contribution in [0, 0.1) is 5.41 Å². The molecule has 1 aliphatic rings. The molecule has 2 nitrogen and oxygen atoms in total. The first-order valence-corrected chi connectivity index (χ1v) is 5.58. The molecule has 0 amide bonds. The summed E-state index contributed by atoms with van der Waals surface area (Å²) in [7, 11) is 1.64. The van der Waals surface area contributed by atoms with Crippen LogP contribution in [0.25, 0.3) is 0 Å². The Hall–Kier alpha value is -0.630. The Labute approximate surface area is 92.7 Å². The van der Waals surface area contributed by atoms with Crippen LogP contribution < -0.4 is 0 Å². The van der Waals surface area contributed by atoms with E-state index >= 15 is 0 Å². The summed E-state index contributed by atoms with van der Waals surface area (Å²) >= 11 is 0. The summed E-state index contributed by atoms with van der Waals surface area (Å²) in [5.74, 6) is 0.0838. The number of Topliss-reactive ketones (excluding diaryl/α,β-unsaturated/α-hetero) is 1. The molecule has 0 spiro atoms. The van der Waals surface area contributed by atoms with Gasteiger partial charge in [-0.1, -0.05) is 20.4 Å². The first-order valence-electron chi connectivity index (χ1n) is 5.58. The van der Waals surface area contributed by atoms with Crippen molar-refractivity contribution < 1.29 is 9.53 Å². The Bertz CT molecular complexity index is 266. The van der Waals surface area contributed by atoms with E-state index in [1.165, 1.54) is 0 Å². The SMILES string of the molecule is C=C(C)C(=O)C1(OC)CCC(C)(C)CC1. The zero-order valence-electron chi connectivity index (χ0n) is 10.4. The van der Waals surface area contributed by atoms with E-state index in [0.29, 0.717) is 11.0 Å². The quantitative estimate of drug-likeness (QED) is 0.669. The van der Waals surface area contributed by atoms with Gasteiger partial charge in [0.1, 0.15) is 5.60 Å². The molecule has 0 aromatic rings. The second-order valence-corrected chi connectivity index (χ2v) is 5.47. The predicted molar refractivity (Wildman–Crippen MR) is 61.8 cm³/mol. The van der Waals surface area contributed by atoms with Crippen molar-refractivity contribution in [2.75, 3.05) is 7.11 Å². The molecule has 1 aliphatic carbocycles. The van der Waals surface area contributed by atoms with Gasteiger partial charge in [-0.25, -0.2) is 0 Å². The van der Waals surface area contributed by atoms with Crippen molar-refractivity contribution in [3.63, 3.8) is 0 Å². The smallest absolute Gasteiger partial charge is 0.189 e. The second-order valence-electron chi connectivity index (χ2n) is 5.47. The fourth-order valence-corrected chi connectivity index (χ4v) is 2.24. The third kappa shape index (κ3) is 2.49. The van der Waals surface area contributed by atoms with E-state index in [-0.39, 0.29) is 5.78 Å². The van der Waals surface area contributed by atoms with E-state index in [9.17, 15) is 4.79 Å². The predicted octanol–water partition coefficient (Wildman–Crippen LogP) is 3.12. The maximum atomic E-state index is 12.0. The number of rotatable bonds is 3. The summed E-state index contributed by atoms with van der Waals surface area (Å²) in [5, 5.41) is 0. The Balaban J connectivity index is 2.81. The highest BCUT2D eigenvalue weighted by Gasteiger charge is 2.43. The van der Waals surface area contributed by atoms with Crippen LogP contribution in [0.5, 0.6) is 0 Å². The highest BCUT2D eigenvalue weighted by Crippen LogP contribution is 2.42. The van der Waals surface area contributed by atoms with E-state index in [1.54, 1.807) is 14.0 Å². The van der Waals surface area contributed by atoms with Gasteiger partial charge in [-0.3, -0.25) is 4.79 Å². The summed E-state index contributed by atoms with van der Waals surface area (Å²) in [6.45, 7) is 9.99. The maximum absolute atomic E-state index is 12.0. The second kappa shape index (κ2) is 4.09. The average Bonchev–Trinajstić information content (AvgIpc) is 2.18. The largest absolute Gasteiger partial charge is 0.370 e. The van der Waals surface area contributed by atoms with Crippen molar-refractivity contribution in [2.45, 2.75) is 52.1 Å². The lowest BCUT2D eigenvalue weighted by molar-refractivity contribution is -0.143. The third-order valence-electron chi connectivity index (χ3n) is 3.60. The Morgan fingerprint density at radius 1 is 1.20 bits per heavy atom. The summed E-state index contributed by atoms with van der Waals surface area (Å²) in [6, 6.07) is 0. The first-order chi connectivity index (χ1) is 6.83. The topological polar surface area (TPSA) is 26.3 Å². The summed E-state index contributed by atoms with van der Waals surface area (Å²) in [6.07, 6.45) is 3.73. The molecule has 0 saturated heterocycles. The normalized spacial score (nSPS) is 23.5. The fraction of sp³-hybridized carbons (Fsp3) is 0.769. The Morgan fingerprint density at radius 3 is 2.00 bits per heavy atom. The zero-order chi connectivity index (χ0) is 11.7. The molecule has 1 saturated carbocycles. The van der Waals surface area contributed by atoms with Gasteiger partial charge in [-0.05, 0) is 43.6 Å². The van der Waals surface area contributed by atoms with Gasteiger partial charge in [0, 0.05) is 7.11 Å². The third-order valence-corrected chi connectivity index (χ3v) is 3.60. The monoisotopic (exact) mass is 210 g/mol. The van der Waals surface area contributed by atoms with Crippen LogP contribution in [0.3, 0.4) is 0 Å². The van der Waals surface area contributed by atoms with Gasteiger partial charge >= 0.3 is 0 Å².